The largest absolute Gasteiger partial charge is 0.326 e. The van der Waals surface area contributed by atoms with Gasteiger partial charge in [0.15, 0.2) is 0 Å². The number of hydrogen-bond donors (Lipinski definition) is 2. The first-order valence-corrected chi connectivity index (χ1v) is 6.89. The number of carbonyl (C=O) groups is 2. The minimum absolute atomic E-state index is 0.195. The van der Waals surface area contributed by atoms with Crippen LogP contribution in [-0.4, -0.2) is 11.8 Å². The summed E-state index contributed by atoms with van der Waals surface area (Å²) in [7, 11) is 0. The Bertz CT molecular complexity index is 704. The summed E-state index contributed by atoms with van der Waals surface area (Å²) in [5, 5.41) is 5.32. The number of rotatable bonds is 3. The molecule has 0 aromatic heterocycles. The molecule has 2 N–H and O–H groups in total. The van der Waals surface area contributed by atoms with E-state index in [2.05, 4.69) is 26.6 Å². The summed E-state index contributed by atoms with van der Waals surface area (Å²) in [6, 6.07) is 10.6. The van der Waals surface area contributed by atoms with Crippen molar-refractivity contribution in [3.05, 3.63) is 58.3 Å². The molecule has 0 saturated heterocycles. The van der Waals surface area contributed by atoms with Gasteiger partial charge in [-0.15, -0.1) is 0 Å². The Labute approximate surface area is 129 Å². The Morgan fingerprint density at radius 2 is 1.71 bits per heavy atom. The van der Waals surface area contributed by atoms with E-state index >= 15 is 0 Å². The number of carbonyl (C=O) groups excluding carboxylic acids is 2. The predicted octanol–water partition coefficient (Wildman–Crippen LogP) is 3.80. The van der Waals surface area contributed by atoms with Crippen molar-refractivity contribution in [2.24, 2.45) is 0 Å². The van der Waals surface area contributed by atoms with Crippen molar-refractivity contribution in [1.29, 1.82) is 0 Å². The van der Waals surface area contributed by atoms with E-state index in [1.165, 1.54) is 25.1 Å². The fourth-order valence-electron chi connectivity index (χ4n) is 1.75. The van der Waals surface area contributed by atoms with Crippen LogP contribution >= 0.6 is 15.9 Å². The molecule has 0 aliphatic heterocycles. The van der Waals surface area contributed by atoms with Gasteiger partial charge in [0, 0.05) is 22.8 Å². The van der Waals surface area contributed by atoms with Crippen LogP contribution in [0.25, 0.3) is 0 Å². The van der Waals surface area contributed by atoms with Crippen molar-refractivity contribution in [1.82, 2.24) is 0 Å². The smallest absolute Gasteiger partial charge is 0.256 e. The maximum atomic E-state index is 13.0. The second-order valence-corrected chi connectivity index (χ2v) is 5.19. The highest BCUT2D eigenvalue weighted by atomic mass is 79.9. The van der Waals surface area contributed by atoms with Crippen molar-refractivity contribution in [2.45, 2.75) is 6.92 Å². The zero-order valence-electron chi connectivity index (χ0n) is 11.1. The quantitative estimate of drug-likeness (QED) is 0.884. The van der Waals surface area contributed by atoms with Crippen LogP contribution in [-0.2, 0) is 4.79 Å². The summed E-state index contributed by atoms with van der Waals surface area (Å²) >= 11 is 3.15. The summed E-state index contributed by atoms with van der Waals surface area (Å²) in [4.78, 5) is 23.1. The molecule has 21 heavy (non-hydrogen) atoms. The van der Waals surface area contributed by atoms with Gasteiger partial charge in [0.2, 0.25) is 5.91 Å². The van der Waals surface area contributed by atoms with Crippen LogP contribution in [0.3, 0.4) is 0 Å². The van der Waals surface area contributed by atoms with Crippen LogP contribution in [0, 0.1) is 5.82 Å². The van der Waals surface area contributed by atoms with Crippen LogP contribution in [0.5, 0.6) is 0 Å². The van der Waals surface area contributed by atoms with E-state index < -0.39 is 5.82 Å². The Morgan fingerprint density at radius 3 is 2.33 bits per heavy atom. The molecule has 0 aliphatic carbocycles. The van der Waals surface area contributed by atoms with E-state index in [4.69, 9.17) is 0 Å². The molecule has 2 rings (SSSR count). The van der Waals surface area contributed by atoms with Gasteiger partial charge in [-0.3, -0.25) is 9.59 Å². The molecule has 2 aromatic carbocycles. The molecule has 0 saturated carbocycles. The minimum atomic E-state index is -0.425. The van der Waals surface area contributed by atoms with Crippen molar-refractivity contribution < 1.29 is 14.0 Å². The van der Waals surface area contributed by atoms with E-state index in [0.29, 0.717) is 21.4 Å². The van der Waals surface area contributed by atoms with Crippen molar-refractivity contribution in [3.8, 4) is 0 Å². The van der Waals surface area contributed by atoms with E-state index in [9.17, 15) is 14.0 Å². The first kappa shape index (κ1) is 15.2. The lowest BCUT2D eigenvalue weighted by atomic mass is 10.2. The van der Waals surface area contributed by atoms with E-state index in [1.54, 1.807) is 24.3 Å². The van der Waals surface area contributed by atoms with Crippen LogP contribution in [0.2, 0.25) is 0 Å². The van der Waals surface area contributed by atoms with Crippen molar-refractivity contribution in [2.75, 3.05) is 10.6 Å². The van der Waals surface area contributed by atoms with Gasteiger partial charge in [-0.2, -0.15) is 0 Å². The second-order valence-electron chi connectivity index (χ2n) is 4.34. The fourth-order valence-corrected chi connectivity index (χ4v) is 2.28. The Kier molecular flexibility index (Phi) is 4.70. The highest BCUT2D eigenvalue weighted by molar-refractivity contribution is 9.10. The predicted molar refractivity (Wildman–Crippen MR) is 82.8 cm³/mol. The zero-order chi connectivity index (χ0) is 15.4. The molecule has 0 aliphatic rings. The van der Waals surface area contributed by atoms with Gasteiger partial charge in [-0.1, -0.05) is 6.07 Å². The number of anilines is 2. The molecular formula is C15H12BrFN2O2. The first-order valence-electron chi connectivity index (χ1n) is 6.10. The number of hydrogen-bond acceptors (Lipinski definition) is 2. The monoisotopic (exact) mass is 350 g/mol. The summed E-state index contributed by atoms with van der Waals surface area (Å²) in [6.07, 6.45) is 0. The van der Waals surface area contributed by atoms with Gasteiger partial charge in [-0.25, -0.2) is 4.39 Å². The lowest BCUT2D eigenvalue weighted by Crippen LogP contribution is -2.13. The van der Waals surface area contributed by atoms with Crippen LogP contribution < -0.4 is 10.6 Å². The molecule has 0 spiro atoms. The molecule has 2 amide bonds. The van der Waals surface area contributed by atoms with E-state index in [1.807, 2.05) is 0 Å². The molecule has 108 valence electrons. The molecule has 0 radical (unpaired) electrons. The summed E-state index contributed by atoms with van der Waals surface area (Å²) in [5.41, 5.74) is 1.43. The molecule has 0 unspecified atom stereocenters. The van der Waals surface area contributed by atoms with Gasteiger partial charge >= 0.3 is 0 Å². The van der Waals surface area contributed by atoms with Gasteiger partial charge in [0.1, 0.15) is 5.82 Å². The lowest BCUT2D eigenvalue weighted by molar-refractivity contribution is -0.114. The molecule has 6 heteroatoms. The van der Waals surface area contributed by atoms with E-state index in [0.717, 1.165) is 0 Å². The Balaban J connectivity index is 2.17. The average Bonchev–Trinajstić information content (AvgIpc) is 2.37. The summed E-state index contributed by atoms with van der Waals surface area (Å²) in [6.45, 7) is 1.40. The van der Waals surface area contributed by atoms with Gasteiger partial charge in [0.25, 0.3) is 5.91 Å². The molecule has 0 fully saturated rings. The molecule has 0 bridgehead atoms. The third kappa shape index (κ3) is 4.13. The lowest BCUT2D eigenvalue weighted by Gasteiger charge is -2.09. The zero-order valence-corrected chi connectivity index (χ0v) is 12.7. The number of nitrogens with one attached hydrogen (secondary N) is 2. The molecule has 4 nitrogen and oxygen atoms in total. The van der Waals surface area contributed by atoms with Crippen molar-refractivity contribution >= 4 is 39.1 Å². The maximum Gasteiger partial charge on any atom is 0.256 e. The maximum absolute atomic E-state index is 13.0. The van der Waals surface area contributed by atoms with Crippen LogP contribution in [0.1, 0.15) is 17.3 Å². The SMILES string of the molecule is CC(=O)Nc1cccc(NC(=O)c2ccc(F)cc2Br)c1. The number of amides is 2. The van der Waals surface area contributed by atoms with Gasteiger partial charge < -0.3 is 10.6 Å². The minimum Gasteiger partial charge on any atom is -0.326 e. The van der Waals surface area contributed by atoms with Crippen LogP contribution in [0.15, 0.2) is 46.9 Å². The molecule has 2 aromatic rings. The fraction of sp³-hybridized carbons (Fsp3) is 0.0667. The Hall–Kier alpha value is -2.21. The van der Waals surface area contributed by atoms with Gasteiger partial charge in [0.05, 0.1) is 5.56 Å². The topological polar surface area (TPSA) is 58.2 Å². The summed E-state index contributed by atoms with van der Waals surface area (Å²) < 4.78 is 13.4. The third-order valence-corrected chi connectivity index (χ3v) is 3.27. The van der Waals surface area contributed by atoms with Gasteiger partial charge in [-0.05, 0) is 52.3 Å². The normalized spacial score (nSPS) is 10.0. The van der Waals surface area contributed by atoms with Crippen molar-refractivity contribution in [3.63, 3.8) is 0 Å². The summed E-state index contributed by atoms with van der Waals surface area (Å²) in [5.74, 6) is -0.993. The molecular weight excluding hydrogens is 339 g/mol. The third-order valence-electron chi connectivity index (χ3n) is 2.62. The Morgan fingerprint density at radius 1 is 1.05 bits per heavy atom. The number of halogens is 2. The molecule has 0 atom stereocenters. The van der Waals surface area contributed by atoms with Crippen LogP contribution in [0.4, 0.5) is 15.8 Å². The average molecular weight is 351 g/mol. The standard InChI is InChI=1S/C15H12BrFN2O2/c1-9(20)18-11-3-2-4-12(8-11)19-15(21)13-6-5-10(17)7-14(13)16/h2-8H,1H3,(H,18,20)(H,19,21). The highest BCUT2D eigenvalue weighted by Gasteiger charge is 2.11. The van der Waals surface area contributed by atoms with E-state index in [-0.39, 0.29) is 11.8 Å². The highest BCUT2D eigenvalue weighted by Crippen LogP contribution is 2.21. The second kappa shape index (κ2) is 6.49. The first-order chi connectivity index (χ1) is 9.95. The molecule has 0 heterocycles. The number of benzene rings is 2.